The minimum Gasteiger partial charge on any atom is -0.493 e. The maximum absolute atomic E-state index is 5.93. The van der Waals surface area contributed by atoms with Crippen molar-refractivity contribution in [3.8, 4) is 22.8 Å². The molecule has 2 aliphatic heterocycles. The van der Waals surface area contributed by atoms with E-state index in [1.165, 1.54) is 16.7 Å². The van der Waals surface area contributed by atoms with Crippen LogP contribution in [0.25, 0.3) is 11.3 Å². The Labute approximate surface area is 117 Å². The van der Waals surface area contributed by atoms with Crippen molar-refractivity contribution in [2.75, 3.05) is 18.9 Å². The number of hydrogen-bond acceptors (Lipinski definition) is 4. The molecule has 1 aromatic carbocycles. The Hall–Kier alpha value is -2.17. The van der Waals surface area contributed by atoms with Gasteiger partial charge in [-0.3, -0.25) is 4.68 Å². The molecule has 0 atom stereocenters. The zero-order chi connectivity index (χ0) is 13.9. The molecule has 20 heavy (non-hydrogen) atoms. The molecule has 104 valence electrons. The summed E-state index contributed by atoms with van der Waals surface area (Å²) in [5.41, 5.74) is 11.6. The lowest BCUT2D eigenvalue weighted by atomic mass is 9.93. The van der Waals surface area contributed by atoms with Gasteiger partial charge in [0.25, 0.3) is 0 Å². The van der Waals surface area contributed by atoms with Crippen LogP contribution < -0.4 is 15.2 Å². The number of nitrogen functional groups attached to an aromatic ring is 1. The fourth-order valence-corrected chi connectivity index (χ4v) is 3.21. The number of fused-ring (bicyclic) bond motifs is 2. The van der Waals surface area contributed by atoms with Crippen LogP contribution in [0.2, 0.25) is 0 Å². The molecular weight excluding hydrogens is 254 g/mol. The Morgan fingerprint density at radius 3 is 2.55 bits per heavy atom. The highest BCUT2D eigenvalue weighted by Crippen LogP contribution is 2.48. The van der Waals surface area contributed by atoms with E-state index in [2.05, 4.69) is 12.0 Å². The van der Waals surface area contributed by atoms with Crippen molar-refractivity contribution in [1.82, 2.24) is 9.78 Å². The highest BCUT2D eigenvalue weighted by atomic mass is 16.5. The Kier molecular flexibility index (Phi) is 2.28. The van der Waals surface area contributed by atoms with Crippen LogP contribution >= 0.6 is 0 Å². The van der Waals surface area contributed by atoms with Crippen LogP contribution in [0.1, 0.15) is 16.7 Å². The second-order valence-electron chi connectivity index (χ2n) is 5.39. The van der Waals surface area contributed by atoms with Crippen LogP contribution in [-0.2, 0) is 19.9 Å². The van der Waals surface area contributed by atoms with Gasteiger partial charge in [0, 0.05) is 37.1 Å². The number of aromatic nitrogens is 2. The van der Waals surface area contributed by atoms with E-state index in [4.69, 9.17) is 15.2 Å². The second-order valence-corrected chi connectivity index (χ2v) is 5.39. The van der Waals surface area contributed by atoms with Gasteiger partial charge in [-0.05, 0) is 12.5 Å². The summed E-state index contributed by atoms with van der Waals surface area (Å²) in [7, 11) is 1.85. The van der Waals surface area contributed by atoms with Gasteiger partial charge in [-0.25, -0.2) is 0 Å². The number of rotatable bonds is 1. The fraction of sp³-hybridized carbons (Fsp3) is 0.400. The smallest absolute Gasteiger partial charge is 0.132 e. The molecule has 0 saturated heterocycles. The predicted octanol–water partition coefficient (Wildman–Crippen LogP) is 1.85. The molecule has 0 unspecified atom stereocenters. The van der Waals surface area contributed by atoms with Crippen LogP contribution in [0, 0.1) is 6.92 Å². The quantitative estimate of drug-likeness (QED) is 0.859. The maximum atomic E-state index is 5.93. The molecule has 5 nitrogen and oxygen atoms in total. The van der Waals surface area contributed by atoms with Crippen LogP contribution in [0.4, 0.5) is 5.82 Å². The second kappa shape index (κ2) is 3.91. The zero-order valence-electron chi connectivity index (χ0n) is 11.7. The molecule has 0 amide bonds. The third-order valence-corrected chi connectivity index (χ3v) is 4.24. The van der Waals surface area contributed by atoms with Gasteiger partial charge in [-0.15, -0.1) is 0 Å². The first-order valence-corrected chi connectivity index (χ1v) is 6.90. The van der Waals surface area contributed by atoms with Gasteiger partial charge in [0.05, 0.1) is 24.5 Å². The number of aryl methyl sites for hydroxylation is 1. The Morgan fingerprint density at radius 1 is 1.15 bits per heavy atom. The largest absolute Gasteiger partial charge is 0.493 e. The third-order valence-electron chi connectivity index (χ3n) is 4.24. The summed E-state index contributed by atoms with van der Waals surface area (Å²) in [6, 6.07) is 1.91. The van der Waals surface area contributed by atoms with Crippen molar-refractivity contribution in [1.29, 1.82) is 0 Å². The van der Waals surface area contributed by atoms with E-state index in [0.717, 1.165) is 48.8 Å². The van der Waals surface area contributed by atoms with Gasteiger partial charge < -0.3 is 15.2 Å². The molecule has 0 saturated carbocycles. The van der Waals surface area contributed by atoms with Gasteiger partial charge in [0.1, 0.15) is 17.3 Å². The van der Waals surface area contributed by atoms with E-state index in [-0.39, 0.29) is 0 Å². The van der Waals surface area contributed by atoms with Crippen LogP contribution in [0.15, 0.2) is 6.07 Å². The van der Waals surface area contributed by atoms with Gasteiger partial charge in [-0.1, -0.05) is 0 Å². The van der Waals surface area contributed by atoms with Crippen molar-refractivity contribution in [2.24, 2.45) is 7.05 Å². The monoisotopic (exact) mass is 271 g/mol. The van der Waals surface area contributed by atoms with Crippen LogP contribution in [0.3, 0.4) is 0 Å². The summed E-state index contributed by atoms with van der Waals surface area (Å²) in [6.07, 6.45) is 1.84. The van der Waals surface area contributed by atoms with Crippen molar-refractivity contribution in [3.05, 3.63) is 22.8 Å². The summed E-state index contributed by atoms with van der Waals surface area (Å²) >= 11 is 0. The molecular formula is C15H17N3O2. The molecule has 0 radical (unpaired) electrons. The first-order chi connectivity index (χ1) is 9.66. The van der Waals surface area contributed by atoms with Gasteiger partial charge in [0.15, 0.2) is 0 Å². The molecule has 3 heterocycles. The Bertz CT molecular complexity index is 664. The molecule has 2 aliphatic rings. The van der Waals surface area contributed by atoms with Crippen LogP contribution in [0.5, 0.6) is 11.5 Å². The van der Waals surface area contributed by atoms with Crippen molar-refractivity contribution < 1.29 is 9.47 Å². The molecule has 0 aliphatic carbocycles. The zero-order valence-corrected chi connectivity index (χ0v) is 11.7. The Morgan fingerprint density at radius 2 is 1.85 bits per heavy atom. The lowest BCUT2D eigenvalue weighted by Gasteiger charge is -2.14. The minimum atomic E-state index is 0.653. The molecule has 0 bridgehead atoms. The first kappa shape index (κ1) is 11.6. The average molecular weight is 271 g/mol. The summed E-state index contributed by atoms with van der Waals surface area (Å²) < 4.78 is 13.4. The fourth-order valence-electron chi connectivity index (χ4n) is 3.21. The van der Waals surface area contributed by atoms with E-state index in [1.54, 1.807) is 4.68 Å². The molecule has 0 spiro atoms. The number of hydrogen-bond donors (Lipinski definition) is 1. The molecule has 0 fully saturated rings. The van der Waals surface area contributed by atoms with Gasteiger partial charge in [0.2, 0.25) is 0 Å². The number of nitrogens with two attached hydrogens (primary N) is 1. The number of nitrogens with zero attached hydrogens (tertiary/aromatic N) is 2. The minimum absolute atomic E-state index is 0.653. The number of anilines is 1. The molecule has 4 rings (SSSR count). The first-order valence-electron chi connectivity index (χ1n) is 6.90. The SMILES string of the molecule is Cc1c2c(c(-c3cc(N)n(C)n3)c3c1OCC3)OCC2. The summed E-state index contributed by atoms with van der Waals surface area (Å²) in [5.74, 6) is 2.65. The van der Waals surface area contributed by atoms with E-state index in [0.29, 0.717) is 5.82 Å². The summed E-state index contributed by atoms with van der Waals surface area (Å²) in [4.78, 5) is 0. The van der Waals surface area contributed by atoms with Crippen molar-refractivity contribution >= 4 is 5.82 Å². The normalized spacial score (nSPS) is 15.7. The van der Waals surface area contributed by atoms with E-state index >= 15 is 0 Å². The Balaban J connectivity index is 2.04. The average Bonchev–Trinajstić information content (AvgIpc) is 3.11. The predicted molar refractivity (Wildman–Crippen MR) is 76.2 cm³/mol. The van der Waals surface area contributed by atoms with Crippen molar-refractivity contribution in [3.63, 3.8) is 0 Å². The molecule has 5 heteroatoms. The maximum Gasteiger partial charge on any atom is 0.132 e. The molecule has 1 aromatic heterocycles. The standard InChI is InChI=1S/C15H17N3O2/c1-8-9-3-5-20-15(9)13(10-4-6-19-14(8)10)11-7-12(16)18(2)17-11/h7H,3-6,16H2,1-2H3. The van der Waals surface area contributed by atoms with Gasteiger partial charge >= 0.3 is 0 Å². The van der Waals surface area contributed by atoms with E-state index in [9.17, 15) is 0 Å². The highest BCUT2D eigenvalue weighted by molar-refractivity contribution is 5.80. The number of ether oxygens (including phenoxy) is 2. The lowest BCUT2D eigenvalue weighted by molar-refractivity contribution is 0.354. The van der Waals surface area contributed by atoms with Gasteiger partial charge in [-0.2, -0.15) is 5.10 Å². The summed E-state index contributed by atoms with van der Waals surface area (Å²) in [5, 5.41) is 4.52. The van der Waals surface area contributed by atoms with E-state index < -0.39 is 0 Å². The third kappa shape index (κ3) is 1.40. The molecule has 2 N–H and O–H groups in total. The number of benzene rings is 1. The lowest BCUT2D eigenvalue weighted by Crippen LogP contribution is -1.98. The van der Waals surface area contributed by atoms with E-state index in [1.807, 2.05) is 13.1 Å². The van der Waals surface area contributed by atoms with Crippen LogP contribution in [-0.4, -0.2) is 23.0 Å². The summed E-state index contributed by atoms with van der Waals surface area (Å²) in [6.45, 7) is 3.58. The highest BCUT2D eigenvalue weighted by Gasteiger charge is 2.31. The topological polar surface area (TPSA) is 62.3 Å². The van der Waals surface area contributed by atoms with Crippen molar-refractivity contribution in [2.45, 2.75) is 19.8 Å². The molecule has 2 aromatic rings.